The molecule has 1 amide bonds. The molecule has 3 aromatic rings. The summed E-state index contributed by atoms with van der Waals surface area (Å²) in [6, 6.07) is 14.0. The number of carbonyl (C=O) groups excluding carboxylic acids is 1. The van der Waals surface area contributed by atoms with Crippen molar-refractivity contribution in [3.05, 3.63) is 59.4 Å². The van der Waals surface area contributed by atoms with Crippen LogP contribution in [0, 0.1) is 20.8 Å². The lowest BCUT2D eigenvalue weighted by atomic mass is 10.1. The van der Waals surface area contributed by atoms with E-state index in [2.05, 4.69) is 14.9 Å². The minimum Gasteiger partial charge on any atom is -0.483 e. The Morgan fingerprint density at radius 2 is 1.80 bits per heavy atom. The number of nitrogens with one attached hydrogen (secondary N) is 1. The molecule has 0 aliphatic rings. The second kappa shape index (κ2) is 7.38. The van der Waals surface area contributed by atoms with Crippen LogP contribution in [0.25, 0.3) is 11.0 Å². The Kier molecular flexibility index (Phi) is 5.03. The minimum absolute atomic E-state index is 0.0232. The molecule has 0 unspecified atom stereocenters. The Labute approximate surface area is 147 Å². The highest BCUT2D eigenvalue weighted by molar-refractivity contribution is 5.78. The minimum atomic E-state index is -0.121. The molecular formula is C20H23N3O2. The molecule has 0 bridgehead atoms. The van der Waals surface area contributed by atoms with Crippen molar-refractivity contribution in [2.45, 2.75) is 27.3 Å². The molecule has 5 nitrogen and oxygen atoms in total. The molecule has 1 N–H and O–H groups in total. The standard InChI is InChI=1S/C20H23N3O2/c1-14-7-6-8-15(2)20(14)25-13-19(24)21-11-12-23-16(3)22-17-9-4-5-10-18(17)23/h4-10H,11-13H2,1-3H3,(H,21,24). The Bertz CT molecular complexity index is 879. The molecule has 0 radical (unpaired) electrons. The fourth-order valence-corrected chi connectivity index (χ4v) is 3.00. The van der Waals surface area contributed by atoms with Crippen LogP contribution in [0.2, 0.25) is 0 Å². The summed E-state index contributed by atoms with van der Waals surface area (Å²) in [4.78, 5) is 16.6. The number of imidazole rings is 1. The van der Waals surface area contributed by atoms with Gasteiger partial charge in [0.2, 0.25) is 0 Å². The number of hydrogen-bond donors (Lipinski definition) is 1. The maximum Gasteiger partial charge on any atom is 0.258 e. The van der Waals surface area contributed by atoms with Crippen LogP contribution in [0.5, 0.6) is 5.75 Å². The average Bonchev–Trinajstić information content (AvgIpc) is 2.90. The zero-order valence-electron chi connectivity index (χ0n) is 14.9. The monoisotopic (exact) mass is 337 g/mol. The quantitative estimate of drug-likeness (QED) is 0.752. The van der Waals surface area contributed by atoms with Crippen LogP contribution in [-0.2, 0) is 11.3 Å². The molecule has 0 aliphatic heterocycles. The number of benzene rings is 2. The third-order valence-electron chi connectivity index (χ3n) is 4.26. The zero-order chi connectivity index (χ0) is 17.8. The lowest BCUT2D eigenvalue weighted by Crippen LogP contribution is -2.31. The first-order valence-corrected chi connectivity index (χ1v) is 8.44. The summed E-state index contributed by atoms with van der Waals surface area (Å²) in [6.07, 6.45) is 0. The summed E-state index contributed by atoms with van der Waals surface area (Å²) < 4.78 is 7.79. The highest BCUT2D eigenvalue weighted by atomic mass is 16.5. The van der Waals surface area contributed by atoms with Crippen molar-refractivity contribution in [1.82, 2.24) is 14.9 Å². The van der Waals surface area contributed by atoms with Crippen molar-refractivity contribution in [2.24, 2.45) is 0 Å². The molecule has 0 fully saturated rings. The Balaban J connectivity index is 1.53. The van der Waals surface area contributed by atoms with Gasteiger partial charge >= 0.3 is 0 Å². The van der Waals surface area contributed by atoms with E-state index in [0.717, 1.165) is 33.7 Å². The van der Waals surface area contributed by atoms with Crippen molar-refractivity contribution >= 4 is 16.9 Å². The van der Waals surface area contributed by atoms with Gasteiger partial charge in [-0.15, -0.1) is 0 Å². The average molecular weight is 337 g/mol. The number of aromatic nitrogens is 2. The van der Waals surface area contributed by atoms with Crippen LogP contribution in [0.3, 0.4) is 0 Å². The van der Waals surface area contributed by atoms with Crippen molar-refractivity contribution in [3.63, 3.8) is 0 Å². The SMILES string of the molecule is Cc1cccc(C)c1OCC(=O)NCCn1c(C)nc2ccccc21. The van der Waals surface area contributed by atoms with E-state index in [1.165, 1.54) is 0 Å². The van der Waals surface area contributed by atoms with Gasteiger partial charge in [0.15, 0.2) is 6.61 Å². The number of hydrogen-bond acceptors (Lipinski definition) is 3. The molecule has 0 spiro atoms. The van der Waals surface area contributed by atoms with Gasteiger partial charge in [0.05, 0.1) is 11.0 Å². The van der Waals surface area contributed by atoms with Gasteiger partial charge in [0.25, 0.3) is 5.91 Å². The van der Waals surface area contributed by atoms with Crippen molar-refractivity contribution < 1.29 is 9.53 Å². The third-order valence-corrected chi connectivity index (χ3v) is 4.26. The molecule has 5 heteroatoms. The van der Waals surface area contributed by atoms with Crippen molar-refractivity contribution in [3.8, 4) is 5.75 Å². The molecule has 130 valence electrons. The molecule has 25 heavy (non-hydrogen) atoms. The summed E-state index contributed by atoms with van der Waals surface area (Å²) in [5.41, 5.74) is 4.13. The Morgan fingerprint density at radius 1 is 1.08 bits per heavy atom. The molecule has 0 saturated carbocycles. The molecular weight excluding hydrogens is 314 g/mol. The summed E-state index contributed by atoms with van der Waals surface area (Å²) in [6.45, 7) is 7.18. The number of ether oxygens (including phenoxy) is 1. The summed E-state index contributed by atoms with van der Waals surface area (Å²) >= 11 is 0. The van der Waals surface area contributed by atoms with E-state index in [1.807, 2.05) is 63.2 Å². The largest absolute Gasteiger partial charge is 0.483 e. The zero-order valence-corrected chi connectivity index (χ0v) is 14.9. The number of rotatable bonds is 6. The Morgan fingerprint density at radius 3 is 2.56 bits per heavy atom. The van der Waals surface area contributed by atoms with Gasteiger partial charge in [0, 0.05) is 13.1 Å². The van der Waals surface area contributed by atoms with Crippen LogP contribution in [0.4, 0.5) is 0 Å². The molecule has 0 saturated heterocycles. The number of carbonyl (C=O) groups is 1. The van der Waals surface area contributed by atoms with Crippen LogP contribution in [-0.4, -0.2) is 28.6 Å². The van der Waals surface area contributed by atoms with E-state index in [1.54, 1.807) is 0 Å². The van der Waals surface area contributed by atoms with E-state index in [-0.39, 0.29) is 12.5 Å². The maximum absolute atomic E-state index is 12.1. The van der Waals surface area contributed by atoms with Gasteiger partial charge < -0.3 is 14.6 Å². The highest BCUT2D eigenvalue weighted by Gasteiger charge is 2.09. The lowest BCUT2D eigenvalue weighted by Gasteiger charge is -2.12. The summed E-state index contributed by atoms with van der Waals surface area (Å²) in [5.74, 6) is 1.61. The molecule has 0 aliphatic carbocycles. The van der Waals surface area contributed by atoms with Gasteiger partial charge in [-0.1, -0.05) is 30.3 Å². The van der Waals surface area contributed by atoms with Gasteiger partial charge in [-0.25, -0.2) is 4.98 Å². The fourth-order valence-electron chi connectivity index (χ4n) is 3.00. The van der Waals surface area contributed by atoms with Crippen LogP contribution in [0.1, 0.15) is 17.0 Å². The molecule has 2 aromatic carbocycles. The second-order valence-corrected chi connectivity index (χ2v) is 6.16. The predicted octanol–water partition coefficient (Wildman–Crippen LogP) is 3.16. The van der Waals surface area contributed by atoms with E-state index < -0.39 is 0 Å². The normalized spacial score (nSPS) is 10.8. The van der Waals surface area contributed by atoms with Crippen LogP contribution in [0.15, 0.2) is 42.5 Å². The first kappa shape index (κ1) is 17.0. The molecule has 0 atom stereocenters. The number of fused-ring (bicyclic) bond motifs is 1. The number of amides is 1. The van der Waals surface area contributed by atoms with Crippen molar-refractivity contribution in [2.75, 3.05) is 13.2 Å². The lowest BCUT2D eigenvalue weighted by molar-refractivity contribution is -0.123. The smallest absolute Gasteiger partial charge is 0.258 e. The van der Waals surface area contributed by atoms with Gasteiger partial charge in [-0.2, -0.15) is 0 Å². The van der Waals surface area contributed by atoms with E-state index in [4.69, 9.17) is 4.74 Å². The maximum atomic E-state index is 12.1. The van der Waals surface area contributed by atoms with Gasteiger partial charge in [-0.3, -0.25) is 4.79 Å². The summed E-state index contributed by atoms with van der Waals surface area (Å²) in [5, 5.41) is 2.91. The Hall–Kier alpha value is -2.82. The first-order chi connectivity index (χ1) is 12.1. The second-order valence-electron chi connectivity index (χ2n) is 6.16. The van der Waals surface area contributed by atoms with Crippen molar-refractivity contribution in [1.29, 1.82) is 0 Å². The highest BCUT2D eigenvalue weighted by Crippen LogP contribution is 2.22. The van der Waals surface area contributed by atoms with Crippen LogP contribution >= 0.6 is 0 Å². The molecule has 1 heterocycles. The first-order valence-electron chi connectivity index (χ1n) is 8.44. The number of nitrogens with zero attached hydrogens (tertiary/aromatic N) is 2. The molecule has 1 aromatic heterocycles. The molecule has 3 rings (SSSR count). The summed E-state index contributed by atoms with van der Waals surface area (Å²) in [7, 11) is 0. The third kappa shape index (κ3) is 3.82. The number of aryl methyl sites for hydroxylation is 3. The van der Waals surface area contributed by atoms with E-state index in [9.17, 15) is 4.79 Å². The van der Waals surface area contributed by atoms with Gasteiger partial charge in [-0.05, 0) is 44.0 Å². The number of para-hydroxylation sites is 3. The van der Waals surface area contributed by atoms with E-state index in [0.29, 0.717) is 13.1 Å². The van der Waals surface area contributed by atoms with E-state index >= 15 is 0 Å². The fraction of sp³-hybridized carbons (Fsp3) is 0.300. The topological polar surface area (TPSA) is 56.1 Å². The van der Waals surface area contributed by atoms with Gasteiger partial charge in [0.1, 0.15) is 11.6 Å². The predicted molar refractivity (Wildman–Crippen MR) is 98.9 cm³/mol. The van der Waals surface area contributed by atoms with Crippen LogP contribution < -0.4 is 10.1 Å².